The third-order valence-electron chi connectivity index (χ3n) is 4.58. The monoisotopic (exact) mass is 334 g/mol. The first kappa shape index (κ1) is 15.5. The normalized spacial score (nSPS) is 20.0. The van der Waals surface area contributed by atoms with Crippen LogP contribution in [0.5, 0.6) is 0 Å². The topological polar surface area (TPSA) is 72.1 Å². The molecular formula is C19H18N4O2. The van der Waals surface area contributed by atoms with Crippen LogP contribution in [0.2, 0.25) is 0 Å². The largest absolute Gasteiger partial charge is 0.339 e. The van der Waals surface area contributed by atoms with Crippen molar-refractivity contribution in [3.8, 4) is 0 Å². The van der Waals surface area contributed by atoms with Gasteiger partial charge in [0.05, 0.1) is 5.92 Å². The maximum absolute atomic E-state index is 12.8. The zero-order valence-electron chi connectivity index (χ0n) is 13.9. The summed E-state index contributed by atoms with van der Waals surface area (Å²) in [4.78, 5) is 23.2. The van der Waals surface area contributed by atoms with E-state index in [2.05, 4.69) is 27.3 Å². The third kappa shape index (κ3) is 3.03. The second-order valence-corrected chi connectivity index (χ2v) is 6.23. The molecule has 1 saturated heterocycles. The van der Waals surface area contributed by atoms with Crippen LogP contribution in [0.3, 0.4) is 0 Å². The van der Waals surface area contributed by atoms with Gasteiger partial charge in [0.25, 0.3) is 5.91 Å². The lowest BCUT2D eigenvalue weighted by Crippen LogP contribution is -2.29. The Kier molecular flexibility index (Phi) is 4.01. The molecule has 1 aliphatic heterocycles. The lowest BCUT2D eigenvalue weighted by Gasteiger charge is -2.16. The molecule has 4 rings (SSSR count). The minimum atomic E-state index is -0.0692. The first-order valence-corrected chi connectivity index (χ1v) is 8.28. The van der Waals surface area contributed by atoms with E-state index in [-0.39, 0.29) is 17.7 Å². The van der Waals surface area contributed by atoms with Gasteiger partial charge in [-0.1, -0.05) is 41.6 Å². The Labute approximate surface area is 145 Å². The number of aryl methyl sites for hydroxylation is 1. The van der Waals surface area contributed by atoms with Crippen LogP contribution < -0.4 is 0 Å². The molecule has 3 heterocycles. The summed E-state index contributed by atoms with van der Waals surface area (Å²) in [6, 6.07) is 15.5. The highest BCUT2D eigenvalue weighted by Crippen LogP contribution is 2.39. The summed E-state index contributed by atoms with van der Waals surface area (Å²) in [5.41, 5.74) is 1.62. The van der Waals surface area contributed by atoms with E-state index < -0.39 is 0 Å². The number of carbonyl (C=O) groups is 1. The number of hydrogen-bond donors (Lipinski definition) is 0. The Morgan fingerprint density at radius 2 is 1.84 bits per heavy atom. The molecule has 0 spiro atoms. The van der Waals surface area contributed by atoms with Gasteiger partial charge in [0, 0.05) is 25.2 Å². The molecule has 25 heavy (non-hydrogen) atoms. The van der Waals surface area contributed by atoms with Crippen LogP contribution in [0.4, 0.5) is 0 Å². The van der Waals surface area contributed by atoms with Crippen LogP contribution >= 0.6 is 0 Å². The van der Waals surface area contributed by atoms with Crippen LogP contribution in [-0.2, 0) is 0 Å². The van der Waals surface area contributed by atoms with Crippen molar-refractivity contribution in [2.75, 3.05) is 13.1 Å². The molecule has 0 N–H and O–H groups in total. The molecule has 0 bridgehead atoms. The van der Waals surface area contributed by atoms with E-state index in [1.165, 1.54) is 5.56 Å². The minimum absolute atomic E-state index is 0.0173. The number of rotatable bonds is 3. The highest BCUT2D eigenvalue weighted by atomic mass is 16.5. The molecule has 6 nitrogen and oxygen atoms in total. The number of carbonyl (C=O) groups excluding carboxylic acids is 1. The standard InChI is InChI=1S/C19H18N4O2/c1-13-21-18(25-22-13)16-12-23(19(24)17-9-5-6-10-20-17)11-15(16)14-7-3-2-4-8-14/h2-10,15-16H,11-12H2,1H3/t15-,16+/m0/s1. The summed E-state index contributed by atoms with van der Waals surface area (Å²) >= 11 is 0. The number of hydrogen-bond acceptors (Lipinski definition) is 5. The van der Waals surface area contributed by atoms with E-state index in [0.29, 0.717) is 30.5 Å². The molecule has 0 unspecified atom stereocenters. The van der Waals surface area contributed by atoms with Crippen LogP contribution in [0.1, 0.15) is 39.6 Å². The summed E-state index contributed by atoms with van der Waals surface area (Å²) in [5.74, 6) is 1.23. The Morgan fingerprint density at radius 3 is 2.52 bits per heavy atom. The average Bonchev–Trinajstić information content (AvgIpc) is 3.29. The van der Waals surface area contributed by atoms with Crippen molar-refractivity contribution >= 4 is 5.91 Å². The Balaban J connectivity index is 1.66. The summed E-state index contributed by atoms with van der Waals surface area (Å²) in [7, 11) is 0. The third-order valence-corrected chi connectivity index (χ3v) is 4.58. The number of amides is 1. The van der Waals surface area contributed by atoms with Gasteiger partial charge in [-0.3, -0.25) is 9.78 Å². The van der Waals surface area contributed by atoms with Crippen molar-refractivity contribution in [1.29, 1.82) is 0 Å². The first-order valence-electron chi connectivity index (χ1n) is 8.28. The number of benzene rings is 1. The van der Waals surface area contributed by atoms with Crippen molar-refractivity contribution in [2.24, 2.45) is 0 Å². The minimum Gasteiger partial charge on any atom is -0.339 e. The maximum Gasteiger partial charge on any atom is 0.272 e. The molecule has 0 saturated carbocycles. The summed E-state index contributed by atoms with van der Waals surface area (Å²) in [5, 5.41) is 3.92. The van der Waals surface area contributed by atoms with E-state index in [4.69, 9.17) is 4.52 Å². The molecule has 0 aliphatic carbocycles. The van der Waals surface area contributed by atoms with Gasteiger partial charge in [0.15, 0.2) is 5.82 Å². The predicted octanol–water partition coefficient (Wildman–Crippen LogP) is 2.80. The van der Waals surface area contributed by atoms with Crippen molar-refractivity contribution in [3.05, 3.63) is 77.7 Å². The van der Waals surface area contributed by atoms with E-state index in [9.17, 15) is 4.79 Å². The fourth-order valence-corrected chi connectivity index (χ4v) is 3.37. The summed E-state index contributed by atoms with van der Waals surface area (Å²) in [6.07, 6.45) is 1.64. The molecule has 3 aromatic rings. The molecule has 2 aromatic heterocycles. The SMILES string of the molecule is Cc1noc([C@@H]2CN(C(=O)c3ccccn3)C[C@H]2c2ccccc2)n1. The van der Waals surface area contributed by atoms with Crippen molar-refractivity contribution < 1.29 is 9.32 Å². The highest BCUT2D eigenvalue weighted by molar-refractivity contribution is 5.92. The van der Waals surface area contributed by atoms with E-state index in [0.717, 1.165) is 0 Å². The lowest BCUT2D eigenvalue weighted by atomic mass is 9.89. The van der Waals surface area contributed by atoms with Crippen LogP contribution in [-0.4, -0.2) is 39.0 Å². The summed E-state index contributed by atoms with van der Waals surface area (Å²) < 4.78 is 5.42. The van der Waals surface area contributed by atoms with Crippen LogP contribution in [0.15, 0.2) is 59.3 Å². The molecule has 0 radical (unpaired) electrons. The van der Waals surface area contributed by atoms with Crippen molar-refractivity contribution in [2.45, 2.75) is 18.8 Å². The maximum atomic E-state index is 12.8. The van der Waals surface area contributed by atoms with Crippen LogP contribution in [0.25, 0.3) is 0 Å². The lowest BCUT2D eigenvalue weighted by molar-refractivity contribution is 0.0782. The van der Waals surface area contributed by atoms with Crippen molar-refractivity contribution in [1.82, 2.24) is 20.0 Å². The Bertz CT molecular complexity index is 863. The zero-order chi connectivity index (χ0) is 17.2. The molecule has 6 heteroatoms. The average molecular weight is 334 g/mol. The van der Waals surface area contributed by atoms with E-state index >= 15 is 0 Å². The van der Waals surface area contributed by atoms with Crippen molar-refractivity contribution in [3.63, 3.8) is 0 Å². The molecular weight excluding hydrogens is 316 g/mol. The van der Waals surface area contributed by atoms with Gasteiger partial charge in [-0.2, -0.15) is 4.98 Å². The molecule has 2 atom stereocenters. The Hall–Kier alpha value is -3.02. The predicted molar refractivity (Wildman–Crippen MR) is 91.1 cm³/mol. The van der Waals surface area contributed by atoms with Gasteiger partial charge in [-0.15, -0.1) is 0 Å². The van der Waals surface area contributed by atoms with E-state index in [1.807, 2.05) is 29.2 Å². The molecule has 1 aliphatic rings. The summed E-state index contributed by atoms with van der Waals surface area (Å²) in [6.45, 7) is 2.94. The fraction of sp³-hybridized carbons (Fsp3) is 0.263. The van der Waals surface area contributed by atoms with Gasteiger partial charge in [-0.25, -0.2) is 0 Å². The smallest absolute Gasteiger partial charge is 0.272 e. The highest BCUT2D eigenvalue weighted by Gasteiger charge is 2.40. The van der Waals surface area contributed by atoms with Gasteiger partial charge in [-0.05, 0) is 24.6 Å². The quantitative estimate of drug-likeness (QED) is 0.736. The first-order chi connectivity index (χ1) is 12.2. The van der Waals surface area contributed by atoms with Gasteiger partial charge in [0.1, 0.15) is 5.69 Å². The number of pyridine rings is 1. The second-order valence-electron chi connectivity index (χ2n) is 6.23. The number of likely N-dealkylation sites (tertiary alicyclic amines) is 1. The molecule has 1 fully saturated rings. The number of aromatic nitrogens is 3. The van der Waals surface area contributed by atoms with Gasteiger partial charge < -0.3 is 9.42 Å². The fourth-order valence-electron chi connectivity index (χ4n) is 3.37. The Morgan fingerprint density at radius 1 is 1.08 bits per heavy atom. The van der Waals surface area contributed by atoms with Gasteiger partial charge >= 0.3 is 0 Å². The number of nitrogens with zero attached hydrogens (tertiary/aromatic N) is 4. The molecule has 126 valence electrons. The van der Waals surface area contributed by atoms with Gasteiger partial charge in [0.2, 0.25) is 5.89 Å². The molecule has 1 amide bonds. The van der Waals surface area contributed by atoms with Crippen LogP contribution in [0, 0.1) is 6.92 Å². The zero-order valence-corrected chi connectivity index (χ0v) is 13.9. The molecule has 1 aromatic carbocycles. The van der Waals surface area contributed by atoms with E-state index in [1.54, 1.807) is 25.3 Å². The second kappa shape index (κ2) is 6.47.